The van der Waals surface area contributed by atoms with Crippen molar-refractivity contribution >= 4 is 34.5 Å². The van der Waals surface area contributed by atoms with E-state index in [1.54, 1.807) is 17.5 Å². The summed E-state index contributed by atoms with van der Waals surface area (Å²) in [6.45, 7) is 1.27. The van der Waals surface area contributed by atoms with Gasteiger partial charge in [-0.1, -0.05) is 6.07 Å². The third-order valence-corrected chi connectivity index (χ3v) is 4.16. The molecule has 2 aromatic rings. The van der Waals surface area contributed by atoms with Crippen molar-refractivity contribution in [1.82, 2.24) is 0 Å². The molecule has 0 saturated heterocycles. The first-order valence-electron chi connectivity index (χ1n) is 7.19. The number of thiophene rings is 1. The second-order valence-corrected chi connectivity index (χ2v) is 5.81. The Balaban J connectivity index is 2.29. The zero-order valence-corrected chi connectivity index (χ0v) is 14.2. The number of carbonyl (C=O) groups excluding carboxylic acids is 2. The van der Waals surface area contributed by atoms with Crippen molar-refractivity contribution in [3.05, 3.63) is 40.6 Å². The molecule has 1 N–H and O–H groups in total. The average molecular weight is 372 g/mol. The van der Waals surface area contributed by atoms with Crippen LogP contribution in [0.1, 0.15) is 16.6 Å². The number of methoxy groups -OCH3 is 1. The minimum absolute atomic E-state index is 0.0239. The number of anilines is 2. The lowest BCUT2D eigenvalue weighted by molar-refractivity contribution is -0.170. The number of amides is 2. The van der Waals surface area contributed by atoms with E-state index < -0.39 is 12.1 Å². The van der Waals surface area contributed by atoms with Gasteiger partial charge < -0.3 is 15.0 Å². The maximum atomic E-state index is 12.7. The monoisotopic (exact) mass is 372 g/mol. The Kier molecular flexibility index (Phi) is 5.68. The Morgan fingerprint density at radius 3 is 2.52 bits per heavy atom. The molecule has 0 unspecified atom stereocenters. The Hall–Kier alpha value is -2.55. The molecule has 1 heterocycles. The Labute approximate surface area is 146 Å². The molecule has 25 heavy (non-hydrogen) atoms. The number of hydrogen-bond donors (Lipinski definition) is 1. The molecule has 134 valence electrons. The zero-order chi connectivity index (χ0) is 18.6. The maximum Gasteiger partial charge on any atom is 0.471 e. The number of nitrogens with one attached hydrogen (secondary N) is 1. The number of benzene rings is 1. The molecular weight excluding hydrogens is 357 g/mol. The van der Waals surface area contributed by atoms with E-state index in [2.05, 4.69) is 5.32 Å². The van der Waals surface area contributed by atoms with Crippen molar-refractivity contribution in [1.29, 1.82) is 0 Å². The van der Waals surface area contributed by atoms with E-state index in [1.807, 2.05) is 0 Å². The van der Waals surface area contributed by atoms with Gasteiger partial charge in [0.15, 0.2) is 0 Å². The van der Waals surface area contributed by atoms with E-state index in [-0.39, 0.29) is 23.9 Å². The first-order valence-corrected chi connectivity index (χ1v) is 8.07. The van der Waals surface area contributed by atoms with Gasteiger partial charge in [0.1, 0.15) is 5.75 Å². The maximum absolute atomic E-state index is 12.7. The summed E-state index contributed by atoms with van der Waals surface area (Å²) in [4.78, 5) is 24.7. The van der Waals surface area contributed by atoms with Gasteiger partial charge in [-0.15, -0.1) is 11.3 Å². The molecule has 0 aliphatic carbocycles. The van der Waals surface area contributed by atoms with Crippen LogP contribution in [-0.2, 0) is 4.79 Å². The van der Waals surface area contributed by atoms with Crippen LogP contribution < -0.4 is 15.0 Å². The molecule has 0 aliphatic heterocycles. The number of alkyl halides is 3. The minimum Gasteiger partial charge on any atom is -0.494 e. The standard InChI is InChI=1S/C16H15F3N2O3S/c1-3-21(15(23)16(17,18)19)10-6-7-11(12(9-10)24-2)20-14(22)13-5-4-8-25-13/h4-9H,3H2,1-2H3,(H,20,22). The van der Waals surface area contributed by atoms with Crippen LogP contribution in [0.4, 0.5) is 24.5 Å². The van der Waals surface area contributed by atoms with Crippen molar-refractivity contribution in [3.8, 4) is 5.75 Å². The van der Waals surface area contributed by atoms with Crippen molar-refractivity contribution in [2.75, 3.05) is 23.9 Å². The first-order chi connectivity index (χ1) is 11.8. The van der Waals surface area contributed by atoms with Crippen molar-refractivity contribution in [3.63, 3.8) is 0 Å². The Bertz CT molecular complexity index is 760. The summed E-state index contributed by atoms with van der Waals surface area (Å²) in [7, 11) is 1.32. The highest BCUT2D eigenvalue weighted by Crippen LogP contribution is 2.32. The highest BCUT2D eigenvalue weighted by atomic mass is 32.1. The molecule has 0 spiro atoms. The van der Waals surface area contributed by atoms with Gasteiger partial charge in [0.25, 0.3) is 5.91 Å². The lowest BCUT2D eigenvalue weighted by atomic mass is 10.2. The lowest BCUT2D eigenvalue weighted by Gasteiger charge is -2.23. The summed E-state index contributed by atoms with van der Waals surface area (Å²) < 4.78 is 43.2. The van der Waals surface area contributed by atoms with Gasteiger partial charge in [0.2, 0.25) is 0 Å². The fourth-order valence-corrected chi connectivity index (χ4v) is 2.76. The smallest absolute Gasteiger partial charge is 0.471 e. The molecule has 2 amide bonds. The fourth-order valence-electron chi connectivity index (χ4n) is 2.14. The molecule has 1 aromatic carbocycles. The number of nitrogens with zero attached hydrogens (tertiary/aromatic N) is 1. The average Bonchev–Trinajstić information content (AvgIpc) is 3.10. The van der Waals surface area contributed by atoms with Gasteiger partial charge in [0.05, 0.1) is 17.7 Å². The molecule has 2 rings (SSSR count). The predicted octanol–water partition coefficient (Wildman–Crippen LogP) is 3.92. The molecule has 0 aliphatic rings. The third-order valence-electron chi connectivity index (χ3n) is 3.29. The second kappa shape index (κ2) is 7.56. The molecule has 5 nitrogen and oxygen atoms in total. The molecule has 0 radical (unpaired) electrons. The highest BCUT2D eigenvalue weighted by Gasteiger charge is 2.42. The molecule has 0 atom stereocenters. The fraction of sp³-hybridized carbons (Fsp3) is 0.250. The Morgan fingerprint density at radius 2 is 2.00 bits per heavy atom. The number of hydrogen-bond acceptors (Lipinski definition) is 4. The summed E-state index contributed by atoms with van der Waals surface area (Å²) >= 11 is 1.25. The number of ether oxygens (including phenoxy) is 1. The lowest BCUT2D eigenvalue weighted by Crippen LogP contribution is -2.41. The van der Waals surface area contributed by atoms with Crippen LogP contribution in [-0.4, -0.2) is 31.6 Å². The first kappa shape index (κ1) is 18.8. The van der Waals surface area contributed by atoms with Gasteiger partial charge >= 0.3 is 12.1 Å². The van der Waals surface area contributed by atoms with E-state index in [9.17, 15) is 22.8 Å². The van der Waals surface area contributed by atoms with Crippen LogP contribution in [0.5, 0.6) is 5.75 Å². The number of carbonyl (C=O) groups is 2. The minimum atomic E-state index is -4.98. The predicted molar refractivity (Wildman–Crippen MR) is 89.3 cm³/mol. The van der Waals surface area contributed by atoms with Gasteiger partial charge in [-0.2, -0.15) is 13.2 Å². The second-order valence-electron chi connectivity index (χ2n) is 4.86. The topological polar surface area (TPSA) is 58.6 Å². The molecular formula is C16H15F3N2O3S. The van der Waals surface area contributed by atoms with Crippen LogP contribution in [0.25, 0.3) is 0 Å². The van der Waals surface area contributed by atoms with Gasteiger partial charge in [-0.25, -0.2) is 0 Å². The van der Waals surface area contributed by atoms with E-state index in [1.165, 1.54) is 43.6 Å². The summed E-state index contributed by atoms with van der Waals surface area (Å²) in [5.74, 6) is -2.18. The van der Waals surface area contributed by atoms with E-state index >= 15 is 0 Å². The van der Waals surface area contributed by atoms with Crippen LogP contribution in [0.2, 0.25) is 0 Å². The zero-order valence-electron chi connectivity index (χ0n) is 13.4. The molecule has 0 fully saturated rings. The Morgan fingerprint density at radius 1 is 1.28 bits per heavy atom. The quantitative estimate of drug-likeness (QED) is 0.865. The number of rotatable bonds is 5. The van der Waals surface area contributed by atoms with Crippen LogP contribution in [0.3, 0.4) is 0 Å². The normalized spacial score (nSPS) is 11.1. The molecule has 0 bridgehead atoms. The van der Waals surface area contributed by atoms with Gasteiger partial charge in [-0.3, -0.25) is 9.59 Å². The largest absolute Gasteiger partial charge is 0.494 e. The highest BCUT2D eigenvalue weighted by molar-refractivity contribution is 7.12. The van der Waals surface area contributed by atoms with Gasteiger partial charge in [-0.05, 0) is 30.5 Å². The number of halogens is 3. The third kappa shape index (κ3) is 4.30. The van der Waals surface area contributed by atoms with Crippen LogP contribution >= 0.6 is 11.3 Å². The SMILES string of the molecule is CCN(C(=O)C(F)(F)F)c1ccc(NC(=O)c2cccs2)c(OC)c1. The summed E-state index contributed by atoms with van der Waals surface area (Å²) in [6.07, 6.45) is -4.98. The molecule has 9 heteroatoms. The van der Waals surface area contributed by atoms with E-state index in [0.717, 1.165) is 0 Å². The summed E-state index contributed by atoms with van der Waals surface area (Å²) in [6, 6.07) is 7.35. The summed E-state index contributed by atoms with van der Waals surface area (Å²) in [5, 5.41) is 4.38. The summed E-state index contributed by atoms with van der Waals surface area (Å²) in [5.41, 5.74) is 0.316. The van der Waals surface area contributed by atoms with Crippen LogP contribution in [0, 0.1) is 0 Å². The van der Waals surface area contributed by atoms with Crippen molar-refractivity contribution in [2.24, 2.45) is 0 Å². The molecule has 0 saturated carbocycles. The molecule has 1 aromatic heterocycles. The van der Waals surface area contributed by atoms with Crippen LogP contribution in [0.15, 0.2) is 35.7 Å². The van der Waals surface area contributed by atoms with Gasteiger partial charge in [0, 0.05) is 18.3 Å². The van der Waals surface area contributed by atoms with E-state index in [0.29, 0.717) is 15.5 Å². The van der Waals surface area contributed by atoms with E-state index in [4.69, 9.17) is 4.74 Å². The van der Waals surface area contributed by atoms with Crippen molar-refractivity contribution in [2.45, 2.75) is 13.1 Å². The van der Waals surface area contributed by atoms with Crippen molar-refractivity contribution < 1.29 is 27.5 Å².